The van der Waals surface area contributed by atoms with Crippen LogP contribution in [0.1, 0.15) is 36.1 Å². The Morgan fingerprint density at radius 3 is 2.29 bits per heavy atom. The minimum absolute atomic E-state index is 0.000864. The summed E-state index contributed by atoms with van der Waals surface area (Å²) in [6.07, 6.45) is 0. The molecule has 0 aliphatic carbocycles. The van der Waals surface area contributed by atoms with Gasteiger partial charge in [0.15, 0.2) is 0 Å². The molecule has 1 N–H and O–H groups in total. The van der Waals surface area contributed by atoms with Gasteiger partial charge in [0.1, 0.15) is 12.6 Å². The summed E-state index contributed by atoms with van der Waals surface area (Å²) in [7, 11) is -3.87. The van der Waals surface area contributed by atoms with Crippen molar-refractivity contribution in [2.45, 2.75) is 45.2 Å². The second-order valence-corrected chi connectivity index (χ2v) is 8.72. The zero-order valence-corrected chi connectivity index (χ0v) is 17.2. The molecule has 0 unspecified atom stereocenters. The number of ether oxygens (including phenoxy) is 1. The van der Waals surface area contributed by atoms with Crippen molar-refractivity contribution in [1.29, 1.82) is 5.26 Å². The quantitative estimate of drug-likeness (QED) is 0.720. The van der Waals surface area contributed by atoms with Crippen molar-refractivity contribution in [3.05, 3.63) is 64.7 Å². The molecule has 0 bridgehead atoms. The van der Waals surface area contributed by atoms with Crippen molar-refractivity contribution >= 4 is 16.0 Å². The van der Waals surface area contributed by atoms with E-state index in [4.69, 9.17) is 10.00 Å². The van der Waals surface area contributed by atoms with Crippen LogP contribution in [0, 0.1) is 31.1 Å². The standard InChI is InChI=1S/C21H24N2O4S/c1-14(2)20(21(24)27-13-18-8-6-17(12-22)7-9-18)23-28(25,26)19-10-5-15(3)16(4)11-19/h5-11,14,20,23H,13H2,1-4H3/t20-/m1/s1. The van der Waals surface area contributed by atoms with Crippen molar-refractivity contribution in [2.75, 3.05) is 0 Å². The van der Waals surface area contributed by atoms with Crippen LogP contribution in [0.15, 0.2) is 47.4 Å². The Morgan fingerprint density at radius 2 is 1.75 bits per heavy atom. The Hall–Kier alpha value is -2.69. The first-order valence-corrected chi connectivity index (χ1v) is 10.4. The zero-order chi connectivity index (χ0) is 20.9. The lowest BCUT2D eigenvalue weighted by atomic mass is 10.1. The van der Waals surface area contributed by atoms with Crippen LogP contribution in [0.5, 0.6) is 0 Å². The van der Waals surface area contributed by atoms with Crippen LogP contribution in [0.4, 0.5) is 0 Å². The molecule has 0 aliphatic rings. The highest BCUT2D eigenvalue weighted by molar-refractivity contribution is 7.89. The number of nitrogens with one attached hydrogen (secondary N) is 1. The Kier molecular flexibility index (Phi) is 6.95. The number of benzene rings is 2. The Bertz CT molecular complexity index is 990. The van der Waals surface area contributed by atoms with E-state index in [2.05, 4.69) is 4.72 Å². The Labute approximate surface area is 166 Å². The van der Waals surface area contributed by atoms with Crippen LogP contribution < -0.4 is 4.72 Å². The zero-order valence-electron chi connectivity index (χ0n) is 16.4. The summed E-state index contributed by atoms with van der Waals surface area (Å²) in [5, 5.41) is 8.81. The van der Waals surface area contributed by atoms with E-state index in [1.165, 1.54) is 6.07 Å². The highest BCUT2D eigenvalue weighted by Gasteiger charge is 2.29. The second kappa shape index (κ2) is 9.00. The number of carbonyl (C=O) groups excluding carboxylic acids is 1. The summed E-state index contributed by atoms with van der Waals surface area (Å²) in [4.78, 5) is 12.6. The minimum Gasteiger partial charge on any atom is -0.460 e. The summed E-state index contributed by atoms with van der Waals surface area (Å²) in [6.45, 7) is 7.23. The number of nitrogens with zero attached hydrogens (tertiary/aromatic N) is 1. The van der Waals surface area contributed by atoms with Gasteiger partial charge in [0.25, 0.3) is 0 Å². The molecule has 148 valence electrons. The van der Waals surface area contributed by atoms with Gasteiger partial charge >= 0.3 is 5.97 Å². The van der Waals surface area contributed by atoms with Gasteiger partial charge in [-0.15, -0.1) is 0 Å². The van der Waals surface area contributed by atoms with E-state index in [-0.39, 0.29) is 17.4 Å². The molecule has 1 atom stereocenters. The molecule has 0 saturated carbocycles. The average molecular weight is 401 g/mol. The van der Waals surface area contributed by atoms with Gasteiger partial charge in [-0.2, -0.15) is 9.98 Å². The highest BCUT2D eigenvalue weighted by Crippen LogP contribution is 2.17. The van der Waals surface area contributed by atoms with Crippen molar-refractivity contribution in [3.63, 3.8) is 0 Å². The third-order valence-electron chi connectivity index (χ3n) is 4.46. The van der Waals surface area contributed by atoms with Crippen molar-refractivity contribution < 1.29 is 17.9 Å². The van der Waals surface area contributed by atoms with Crippen molar-refractivity contribution in [3.8, 4) is 6.07 Å². The van der Waals surface area contributed by atoms with Gasteiger partial charge in [-0.25, -0.2) is 8.42 Å². The van der Waals surface area contributed by atoms with E-state index in [0.29, 0.717) is 11.1 Å². The maximum atomic E-state index is 12.7. The molecule has 0 fully saturated rings. The lowest BCUT2D eigenvalue weighted by Gasteiger charge is -2.21. The number of esters is 1. The Morgan fingerprint density at radius 1 is 1.11 bits per heavy atom. The van der Waals surface area contributed by atoms with E-state index in [0.717, 1.165) is 11.1 Å². The number of carbonyl (C=O) groups is 1. The molecule has 2 aromatic rings. The van der Waals surface area contributed by atoms with Gasteiger partial charge in [0.05, 0.1) is 16.5 Å². The molecule has 0 aliphatic heterocycles. The van der Waals surface area contributed by atoms with E-state index in [9.17, 15) is 13.2 Å². The van der Waals surface area contributed by atoms with Crippen molar-refractivity contribution in [1.82, 2.24) is 4.72 Å². The van der Waals surface area contributed by atoms with Gasteiger partial charge in [0, 0.05) is 0 Å². The van der Waals surface area contributed by atoms with Crippen LogP contribution in [0.3, 0.4) is 0 Å². The highest BCUT2D eigenvalue weighted by atomic mass is 32.2. The van der Waals surface area contributed by atoms with Crippen LogP contribution >= 0.6 is 0 Å². The molecule has 0 spiro atoms. The first-order valence-electron chi connectivity index (χ1n) is 8.89. The van der Waals surface area contributed by atoms with Gasteiger partial charge < -0.3 is 4.74 Å². The maximum Gasteiger partial charge on any atom is 0.324 e. The van der Waals surface area contributed by atoms with Gasteiger partial charge in [-0.1, -0.05) is 32.0 Å². The predicted molar refractivity (Wildman–Crippen MR) is 106 cm³/mol. The molecular weight excluding hydrogens is 376 g/mol. The number of hydrogen-bond donors (Lipinski definition) is 1. The molecule has 0 amide bonds. The van der Waals surface area contributed by atoms with E-state index < -0.39 is 22.0 Å². The van der Waals surface area contributed by atoms with Crippen LogP contribution in [0.2, 0.25) is 0 Å². The molecule has 0 heterocycles. The van der Waals surface area contributed by atoms with Gasteiger partial charge in [0.2, 0.25) is 10.0 Å². The molecule has 2 rings (SSSR count). The molecule has 2 aromatic carbocycles. The number of nitriles is 1. The summed E-state index contributed by atoms with van der Waals surface area (Å²) in [5.41, 5.74) is 3.07. The second-order valence-electron chi connectivity index (χ2n) is 7.01. The van der Waals surface area contributed by atoms with Crippen LogP contribution in [-0.2, 0) is 26.2 Å². The summed E-state index contributed by atoms with van der Waals surface area (Å²) >= 11 is 0. The molecule has 0 saturated heterocycles. The number of aryl methyl sites for hydroxylation is 2. The fourth-order valence-electron chi connectivity index (χ4n) is 2.49. The predicted octanol–water partition coefficient (Wildman–Crippen LogP) is 3.22. The first-order chi connectivity index (χ1) is 13.1. The average Bonchev–Trinajstić information content (AvgIpc) is 2.66. The fourth-order valence-corrected chi connectivity index (χ4v) is 3.91. The SMILES string of the molecule is Cc1ccc(S(=O)(=O)N[C@@H](C(=O)OCc2ccc(C#N)cc2)C(C)C)cc1C. The minimum atomic E-state index is -3.87. The summed E-state index contributed by atoms with van der Waals surface area (Å²) in [6, 6.07) is 12.5. The van der Waals surface area contributed by atoms with Crippen LogP contribution in [-0.4, -0.2) is 20.4 Å². The van der Waals surface area contributed by atoms with Gasteiger partial charge in [-0.05, 0) is 60.7 Å². The van der Waals surface area contributed by atoms with Crippen LogP contribution in [0.25, 0.3) is 0 Å². The number of hydrogen-bond acceptors (Lipinski definition) is 5. The van der Waals surface area contributed by atoms with E-state index >= 15 is 0 Å². The molecule has 6 nitrogen and oxygen atoms in total. The normalized spacial score (nSPS) is 12.4. The lowest BCUT2D eigenvalue weighted by molar-refractivity contribution is -0.148. The monoisotopic (exact) mass is 400 g/mol. The first kappa shape index (κ1) is 21.6. The smallest absolute Gasteiger partial charge is 0.324 e. The number of rotatable bonds is 7. The fraction of sp³-hybridized carbons (Fsp3) is 0.333. The van der Waals surface area contributed by atoms with E-state index in [1.54, 1.807) is 50.2 Å². The topological polar surface area (TPSA) is 96.3 Å². The molecule has 28 heavy (non-hydrogen) atoms. The molecule has 0 aromatic heterocycles. The molecule has 0 radical (unpaired) electrons. The summed E-state index contributed by atoms with van der Waals surface area (Å²) < 4.78 is 33.2. The maximum absolute atomic E-state index is 12.7. The van der Waals surface area contributed by atoms with Crippen molar-refractivity contribution in [2.24, 2.45) is 5.92 Å². The summed E-state index contributed by atoms with van der Waals surface area (Å²) in [5.74, 6) is -0.943. The third-order valence-corrected chi connectivity index (χ3v) is 5.89. The van der Waals surface area contributed by atoms with E-state index in [1.807, 2.05) is 19.9 Å². The largest absolute Gasteiger partial charge is 0.460 e. The van der Waals surface area contributed by atoms with Gasteiger partial charge in [-0.3, -0.25) is 4.79 Å². The number of sulfonamides is 1. The molecule has 7 heteroatoms. The Balaban J connectivity index is 2.11. The lowest BCUT2D eigenvalue weighted by Crippen LogP contribution is -2.45. The third kappa shape index (κ3) is 5.41. The molecular formula is C21H24N2O4S.